The van der Waals surface area contributed by atoms with Gasteiger partial charge < -0.3 is 14.7 Å². The highest BCUT2D eigenvalue weighted by Crippen LogP contribution is 2.38. The van der Waals surface area contributed by atoms with Crippen LogP contribution >= 0.6 is 12.4 Å². The first kappa shape index (κ1) is 27.1. The first-order valence-electron chi connectivity index (χ1n) is 9.96. The normalized spacial score (nSPS) is 13.3. The fourth-order valence-corrected chi connectivity index (χ4v) is 3.35. The zero-order valence-electron chi connectivity index (χ0n) is 18.3. The van der Waals surface area contributed by atoms with Crippen molar-refractivity contribution in [2.75, 3.05) is 27.2 Å². The summed E-state index contributed by atoms with van der Waals surface area (Å²) >= 11 is 0. The Bertz CT molecular complexity index is 679. The van der Waals surface area contributed by atoms with Gasteiger partial charge in [0.25, 0.3) is 0 Å². The fraction of sp³-hybridized carbons (Fsp3) is 0.458. The third-order valence-electron chi connectivity index (χ3n) is 4.59. The lowest BCUT2D eigenvalue weighted by atomic mass is 9.77. The lowest BCUT2D eigenvalue weighted by molar-refractivity contribution is -0.168. The summed E-state index contributed by atoms with van der Waals surface area (Å²) in [5, 5.41) is 7.57. The number of rotatable bonds is 8. The Morgan fingerprint density at radius 2 is 1.52 bits per heavy atom. The number of nitrogens with zero attached hydrogens (tertiary/aromatic N) is 1. The van der Waals surface area contributed by atoms with Gasteiger partial charge in [0.1, 0.15) is 5.60 Å². The van der Waals surface area contributed by atoms with E-state index in [4.69, 9.17) is 9.84 Å². The van der Waals surface area contributed by atoms with Crippen LogP contribution in [-0.4, -0.2) is 43.2 Å². The second kappa shape index (κ2) is 14.2. The average molecular weight is 422 g/mol. The summed E-state index contributed by atoms with van der Waals surface area (Å²) in [5.74, 6) is -0.0222. The summed E-state index contributed by atoms with van der Waals surface area (Å²) in [7, 11) is 4.10. The number of aliphatic hydroxyl groups is 1. The minimum atomic E-state index is -0.681. The molecule has 0 fully saturated rings. The zero-order chi connectivity index (χ0) is 21.0. The summed E-state index contributed by atoms with van der Waals surface area (Å²) < 4.78 is 6.17. The van der Waals surface area contributed by atoms with Crippen molar-refractivity contribution in [2.45, 2.75) is 39.2 Å². The van der Waals surface area contributed by atoms with Crippen LogP contribution in [-0.2, 0) is 21.6 Å². The third kappa shape index (κ3) is 8.57. The Hall–Kier alpha value is -1.88. The Morgan fingerprint density at radius 3 is 1.97 bits per heavy atom. The first-order valence-corrected chi connectivity index (χ1v) is 9.96. The molecule has 5 heteroatoms. The van der Waals surface area contributed by atoms with Crippen LogP contribution in [0.15, 0.2) is 60.7 Å². The molecule has 29 heavy (non-hydrogen) atoms. The summed E-state index contributed by atoms with van der Waals surface area (Å²) in [6, 6.07) is 20.4. The molecule has 0 radical (unpaired) electrons. The van der Waals surface area contributed by atoms with Gasteiger partial charge in [0.15, 0.2) is 0 Å². The van der Waals surface area contributed by atoms with Crippen LogP contribution in [0.1, 0.15) is 38.3 Å². The average Bonchev–Trinajstić information content (AvgIpc) is 2.68. The van der Waals surface area contributed by atoms with E-state index in [0.29, 0.717) is 12.8 Å². The summed E-state index contributed by atoms with van der Waals surface area (Å²) in [6.45, 7) is 6.77. The molecule has 0 unspecified atom stereocenters. The van der Waals surface area contributed by atoms with Crippen molar-refractivity contribution in [3.8, 4) is 0 Å². The summed E-state index contributed by atoms with van der Waals surface area (Å²) in [6.07, 6.45) is 1.04. The van der Waals surface area contributed by atoms with Gasteiger partial charge >= 0.3 is 5.97 Å². The molecular weight excluding hydrogens is 386 g/mol. The highest BCUT2D eigenvalue weighted by Gasteiger charge is 2.42. The minimum Gasteiger partial charge on any atom is -0.453 e. The lowest BCUT2D eigenvalue weighted by Gasteiger charge is -2.40. The molecule has 0 saturated carbocycles. The second-order valence-corrected chi connectivity index (χ2v) is 7.23. The van der Waals surface area contributed by atoms with Gasteiger partial charge in [-0.15, -0.1) is 12.4 Å². The van der Waals surface area contributed by atoms with Crippen molar-refractivity contribution in [2.24, 2.45) is 5.92 Å². The molecule has 0 aromatic heterocycles. The predicted octanol–water partition coefficient (Wildman–Crippen LogP) is 4.70. The number of aliphatic hydroxyl groups excluding tert-OH is 1. The van der Waals surface area contributed by atoms with Crippen molar-refractivity contribution in [3.05, 3.63) is 71.8 Å². The second-order valence-electron chi connectivity index (χ2n) is 7.23. The van der Waals surface area contributed by atoms with E-state index in [1.54, 1.807) is 6.92 Å². The van der Waals surface area contributed by atoms with Gasteiger partial charge in [0, 0.05) is 31.9 Å². The van der Waals surface area contributed by atoms with Crippen LogP contribution in [0.2, 0.25) is 0 Å². The number of esters is 1. The third-order valence-corrected chi connectivity index (χ3v) is 4.59. The molecule has 2 aromatic carbocycles. The van der Waals surface area contributed by atoms with Crippen molar-refractivity contribution >= 4 is 18.4 Å². The van der Waals surface area contributed by atoms with Gasteiger partial charge in [-0.25, -0.2) is 0 Å². The van der Waals surface area contributed by atoms with Crippen LogP contribution in [0.25, 0.3) is 0 Å². The standard InChI is InChI=1S/C22H29NO2.C2H6O.ClH/c1-5-21(24)25-22(18(2)17-23(3)4,20-14-10-7-11-15-20)16-19-12-8-6-9-13-19;1-2-3;/h6-15,18H,5,16-17H2,1-4H3;3H,2H2,1H3;1H/t18-,22+;;/m1../s1. The van der Waals surface area contributed by atoms with Crippen molar-refractivity contribution in [1.29, 1.82) is 0 Å². The molecule has 162 valence electrons. The number of benzene rings is 2. The highest BCUT2D eigenvalue weighted by molar-refractivity contribution is 5.85. The number of carbonyl (C=O) groups is 1. The lowest BCUT2D eigenvalue weighted by Crippen LogP contribution is -2.44. The molecular formula is C24H36ClNO3. The smallest absolute Gasteiger partial charge is 0.306 e. The zero-order valence-corrected chi connectivity index (χ0v) is 19.1. The monoisotopic (exact) mass is 421 g/mol. The minimum absolute atomic E-state index is 0. The van der Waals surface area contributed by atoms with E-state index in [0.717, 1.165) is 12.1 Å². The van der Waals surface area contributed by atoms with Crippen LogP contribution in [0, 0.1) is 5.92 Å². The van der Waals surface area contributed by atoms with E-state index >= 15 is 0 Å². The van der Waals surface area contributed by atoms with Crippen molar-refractivity contribution in [1.82, 2.24) is 4.90 Å². The molecule has 0 saturated heterocycles. The van der Waals surface area contributed by atoms with Gasteiger partial charge in [0.05, 0.1) is 0 Å². The quantitative estimate of drug-likeness (QED) is 0.628. The van der Waals surface area contributed by atoms with E-state index in [9.17, 15) is 4.79 Å². The maximum absolute atomic E-state index is 12.3. The predicted molar refractivity (Wildman–Crippen MR) is 122 cm³/mol. The van der Waals surface area contributed by atoms with Gasteiger partial charge in [-0.1, -0.05) is 74.5 Å². The van der Waals surface area contributed by atoms with Crippen molar-refractivity contribution in [3.63, 3.8) is 0 Å². The van der Waals surface area contributed by atoms with Gasteiger partial charge in [-0.2, -0.15) is 0 Å². The van der Waals surface area contributed by atoms with Gasteiger partial charge in [0.2, 0.25) is 0 Å². The number of carbonyl (C=O) groups excluding carboxylic acids is 1. The van der Waals surface area contributed by atoms with Crippen LogP contribution in [0.3, 0.4) is 0 Å². The molecule has 0 amide bonds. The Morgan fingerprint density at radius 1 is 1.03 bits per heavy atom. The summed E-state index contributed by atoms with van der Waals surface area (Å²) in [5.41, 5.74) is 1.54. The molecule has 0 aliphatic rings. The maximum atomic E-state index is 12.3. The molecule has 0 aliphatic heterocycles. The molecule has 2 atom stereocenters. The van der Waals surface area contributed by atoms with Crippen LogP contribution < -0.4 is 0 Å². The molecule has 2 rings (SSSR count). The number of hydrogen-bond donors (Lipinski definition) is 1. The van der Waals surface area contributed by atoms with Crippen LogP contribution in [0.4, 0.5) is 0 Å². The van der Waals surface area contributed by atoms with E-state index < -0.39 is 5.60 Å². The molecule has 4 nitrogen and oxygen atoms in total. The van der Waals surface area contributed by atoms with Crippen molar-refractivity contribution < 1.29 is 14.6 Å². The molecule has 0 spiro atoms. The maximum Gasteiger partial charge on any atom is 0.306 e. The van der Waals surface area contributed by atoms with E-state index in [1.165, 1.54) is 5.56 Å². The number of halogens is 1. The molecule has 0 heterocycles. The molecule has 0 bridgehead atoms. The number of ether oxygens (including phenoxy) is 1. The molecule has 2 aromatic rings. The Labute approximate surface area is 182 Å². The first-order chi connectivity index (χ1) is 13.4. The SMILES string of the molecule is CCC(=O)O[C@](Cc1ccccc1)(c1ccccc1)[C@H](C)CN(C)C.CCO.Cl. The van der Waals surface area contributed by atoms with E-state index in [-0.39, 0.29) is 30.9 Å². The number of hydrogen-bond acceptors (Lipinski definition) is 4. The van der Waals surface area contributed by atoms with Gasteiger partial charge in [-0.05, 0) is 32.1 Å². The topological polar surface area (TPSA) is 49.8 Å². The Kier molecular flexibility index (Phi) is 13.2. The Balaban J connectivity index is 0.00000184. The molecule has 0 aliphatic carbocycles. The largest absolute Gasteiger partial charge is 0.453 e. The molecule has 1 N–H and O–H groups in total. The fourth-order valence-electron chi connectivity index (χ4n) is 3.35. The van der Waals surface area contributed by atoms with E-state index in [2.05, 4.69) is 50.2 Å². The van der Waals surface area contributed by atoms with E-state index in [1.807, 2.05) is 43.3 Å². The summed E-state index contributed by atoms with van der Waals surface area (Å²) in [4.78, 5) is 14.5. The highest BCUT2D eigenvalue weighted by atomic mass is 35.5. The van der Waals surface area contributed by atoms with Gasteiger partial charge in [-0.3, -0.25) is 4.79 Å². The van der Waals surface area contributed by atoms with Crippen LogP contribution in [0.5, 0.6) is 0 Å².